The molecule has 0 unspecified atom stereocenters. The van der Waals surface area contributed by atoms with Crippen LogP contribution in [0.15, 0.2) is 42.5 Å². The van der Waals surface area contributed by atoms with Crippen molar-refractivity contribution in [3.63, 3.8) is 0 Å². The number of aryl methyl sites for hydroxylation is 1. The Labute approximate surface area is 121 Å². The molecule has 0 aliphatic rings. The van der Waals surface area contributed by atoms with Crippen LogP contribution in [0.2, 0.25) is 5.02 Å². The van der Waals surface area contributed by atoms with E-state index in [0.29, 0.717) is 17.1 Å². The fourth-order valence-electron chi connectivity index (χ4n) is 1.75. The first kappa shape index (κ1) is 14.3. The molecule has 0 heterocycles. The highest BCUT2D eigenvalue weighted by Crippen LogP contribution is 2.19. The normalized spacial score (nSPS) is 10.3. The molecule has 0 aromatic heterocycles. The summed E-state index contributed by atoms with van der Waals surface area (Å²) in [7, 11) is 0. The van der Waals surface area contributed by atoms with E-state index in [4.69, 9.17) is 17.3 Å². The molecule has 2 rings (SSSR count). The van der Waals surface area contributed by atoms with Crippen molar-refractivity contribution < 1.29 is 9.18 Å². The molecule has 3 N–H and O–H groups in total. The van der Waals surface area contributed by atoms with E-state index in [-0.39, 0.29) is 18.0 Å². The second-order valence-corrected chi connectivity index (χ2v) is 4.85. The highest BCUT2D eigenvalue weighted by molar-refractivity contribution is 6.30. The molecule has 0 spiro atoms. The van der Waals surface area contributed by atoms with Gasteiger partial charge in [0.05, 0.1) is 5.69 Å². The molecule has 3 nitrogen and oxygen atoms in total. The van der Waals surface area contributed by atoms with Gasteiger partial charge < -0.3 is 11.1 Å². The van der Waals surface area contributed by atoms with Crippen LogP contribution in [0.3, 0.4) is 0 Å². The summed E-state index contributed by atoms with van der Waals surface area (Å²) in [6.45, 7) is 0. The average molecular weight is 293 g/mol. The quantitative estimate of drug-likeness (QED) is 0.846. The number of nitrogens with one attached hydrogen (secondary N) is 1. The highest BCUT2D eigenvalue weighted by atomic mass is 35.5. The van der Waals surface area contributed by atoms with E-state index >= 15 is 0 Å². The zero-order valence-corrected chi connectivity index (χ0v) is 11.5. The number of nitrogen functional groups attached to an aromatic ring is 1. The van der Waals surface area contributed by atoms with Crippen molar-refractivity contribution >= 4 is 28.9 Å². The summed E-state index contributed by atoms with van der Waals surface area (Å²) in [5.41, 5.74) is 7.41. The summed E-state index contributed by atoms with van der Waals surface area (Å²) in [5, 5.41) is 2.82. The number of benzene rings is 2. The minimum absolute atomic E-state index is 0.136. The first-order chi connectivity index (χ1) is 9.54. The zero-order valence-electron chi connectivity index (χ0n) is 10.7. The topological polar surface area (TPSA) is 55.1 Å². The maximum Gasteiger partial charge on any atom is 0.224 e. The van der Waals surface area contributed by atoms with Gasteiger partial charge in [0.15, 0.2) is 0 Å². The van der Waals surface area contributed by atoms with Gasteiger partial charge in [-0.3, -0.25) is 4.79 Å². The van der Waals surface area contributed by atoms with E-state index in [1.165, 1.54) is 12.1 Å². The van der Waals surface area contributed by atoms with E-state index in [1.807, 2.05) is 12.1 Å². The Morgan fingerprint density at radius 3 is 2.55 bits per heavy atom. The maximum absolute atomic E-state index is 13.5. The first-order valence-corrected chi connectivity index (χ1v) is 6.52. The molecule has 0 fully saturated rings. The Morgan fingerprint density at radius 2 is 1.90 bits per heavy atom. The molecule has 2 aromatic carbocycles. The average Bonchev–Trinajstić information content (AvgIpc) is 2.41. The van der Waals surface area contributed by atoms with Crippen LogP contribution < -0.4 is 11.1 Å². The Kier molecular flexibility index (Phi) is 4.58. The summed E-state index contributed by atoms with van der Waals surface area (Å²) in [6, 6.07) is 11.4. The summed E-state index contributed by atoms with van der Waals surface area (Å²) in [6.07, 6.45) is 0.841. The Hall–Kier alpha value is -2.07. The summed E-state index contributed by atoms with van der Waals surface area (Å²) < 4.78 is 13.5. The van der Waals surface area contributed by atoms with E-state index in [0.717, 1.165) is 11.6 Å². The maximum atomic E-state index is 13.5. The number of hydrogen-bond donors (Lipinski definition) is 2. The molecule has 5 heteroatoms. The molecule has 20 heavy (non-hydrogen) atoms. The molecule has 0 saturated carbocycles. The van der Waals surface area contributed by atoms with Gasteiger partial charge in [-0.1, -0.05) is 23.7 Å². The third-order valence-corrected chi connectivity index (χ3v) is 3.06. The SMILES string of the molecule is Nc1ccc(CCC(=O)Nc2ccc(Cl)cc2F)cc1. The lowest BCUT2D eigenvalue weighted by Gasteiger charge is -2.07. The predicted molar refractivity (Wildman–Crippen MR) is 79.2 cm³/mol. The van der Waals surface area contributed by atoms with Crippen molar-refractivity contribution in [2.24, 2.45) is 0 Å². The van der Waals surface area contributed by atoms with Crippen LogP contribution >= 0.6 is 11.6 Å². The Balaban J connectivity index is 1.90. The molecule has 0 aliphatic carbocycles. The molecule has 0 aliphatic heterocycles. The lowest BCUT2D eigenvalue weighted by Crippen LogP contribution is -2.13. The first-order valence-electron chi connectivity index (χ1n) is 6.14. The van der Waals surface area contributed by atoms with E-state index in [1.54, 1.807) is 12.1 Å². The Morgan fingerprint density at radius 1 is 1.20 bits per heavy atom. The van der Waals surface area contributed by atoms with Gasteiger partial charge >= 0.3 is 0 Å². The van der Waals surface area contributed by atoms with Gasteiger partial charge in [0.25, 0.3) is 0 Å². The molecule has 0 atom stereocenters. The third kappa shape index (κ3) is 3.96. The minimum atomic E-state index is -0.543. The van der Waals surface area contributed by atoms with Crippen LogP contribution in [0, 0.1) is 5.82 Å². The van der Waals surface area contributed by atoms with E-state index < -0.39 is 5.82 Å². The highest BCUT2D eigenvalue weighted by Gasteiger charge is 2.07. The van der Waals surface area contributed by atoms with Gasteiger partial charge in [0.1, 0.15) is 5.82 Å². The van der Waals surface area contributed by atoms with Crippen LogP contribution in [0.1, 0.15) is 12.0 Å². The van der Waals surface area contributed by atoms with Crippen LogP contribution in [-0.4, -0.2) is 5.91 Å². The minimum Gasteiger partial charge on any atom is -0.399 e. The smallest absolute Gasteiger partial charge is 0.224 e. The Bertz CT molecular complexity index is 614. The second-order valence-electron chi connectivity index (χ2n) is 4.41. The fraction of sp³-hybridized carbons (Fsp3) is 0.133. The largest absolute Gasteiger partial charge is 0.399 e. The molecular weight excluding hydrogens is 279 g/mol. The molecule has 0 bridgehead atoms. The standard InChI is InChI=1S/C15H14ClFN2O/c16-11-4-7-14(13(17)9-11)19-15(20)8-3-10-1-5-12(18)6-2-10/h1-2,4-7,9H,3,8,18H2,(H,19,20). The van der Waals surface area contributed by atoms with Gasteiger partial charge in [-0.05, 0) is 42.3 Å². The second kappa shape index (κ2) is 6.39. The van der Waals surface area contributed by atoms with Crippen molar-refractivity contribution in [3.8, 4) is 0 Å². The van der Waals surface area contributed by atoms with E-state index in [2.05, 4.69) is 5.32 Å². The number of carbonyl (C=O) groups is 1. The third-order valence-electron chi connectivity index (χ3n) is 2.83. The van der Waals surface area contributed by atoms with Crippen LogP contribution in [-0.2, 0) is 11.2 Å². The summed E-state index contributed by atoms with van der Waals surface area (Å²) in [4.78, 5) is 11.8. The molecular formula is C15H14ClFN2O. The number of carbonyl (C=O) groups excluding carboxylic acids is 1. The molecule has 0 saturated heterocycles. The van der Waals surface area contributed by atoms with Crippen molar-refractivity contribution in [2.75, 3.05) is 11.1 Å². The van der Waals surface area contributed by atoms with Crippen molar-refractivity contribution in [1.29, 1.82) is 0 Å². The van der Waals surface area contributed by atoms with Gasteiger partial charge in [-0.2, -0.15) is 0 Å². The molecule has 2 aromatic rings. The lowest BCUT2D eigenvalue weighted by molar-refractivity contribution is -0.116. The van der Waals surface area contributed by atoms with Gasteiger partial charge in [-0.15, -0.1) is 0 Å². The van der Waals surface area contributed by atoms with Crippen molar-refractivity contribution in [1.82, 2.24) is 0 Å². The monoisotopic (exact) mass is 292 g/mol. The van der Waals surface area contributed by atoms with Crippen molar-refractivity contribution in [3.05, 3.63) is 58.9 Å². The summed E-state index contributed by atoms with van der Waals surface area (Å²) >= 11 is 5.64. The number of halogens is 2. The zero-order chi connectivity index (χ0) is 14.5. The van der Waals surface area contributed by atoms with Crippen LogP contribution in [0.5, 0.6) is 0 Å². The molecule has 0 radical (unpaired) electrons. The van der Waals surface area contributed by atoms with Crippen molar-refractivity contribution in [2.45, 2.75) is 12.8 Å². The molecule has 104 valence electrons. The van der Waals surface area contributed by atoms with Gasteiger partial charge in [0.2, 0.25) is 5.91 Å². The summed E-state index contributed by atoms with van der Waals surface area (Å²) in [5.74, 6) is -0.790. The van der Waals surface area contributed by atoms with Crippen LogP contribution in [0.4, 0.5) is 15.8 Å². The number of rotatable bonds is 4. The predicted octanol–water partition coefficient (Wildman–Crippen LogP) is 3.63. The lowest BCUT2D eigenvalue weighted by atomic mass is 10.1. The number of amides is 1. The van der Waals surface area contributed by atoms with E-state index in [9.17, 15) is 9.18 Å². The van der Waals surface area contributed by atoms with Gasteiger partial charge in [-0.25, -0.2) is 4.39 Å². The number of nitrogens with two attached hydrogens (primary N) is 1. The fourth-order valence-corrected chi connectivity index (χ4v) is 1.90. The molecule has 1 amide bonds. The number of hydrogen-bond acceptors (Lipinski definition) is 2. The number of anilines is 2. The van der Waals surface area contributed by atoms with Gasteiger partial charge in [0, 0.05) is 17.1 Å². The van der Waals surface area contributed by atoms with Crippen LogP contribution in [0.25, 0.3) is 0 Å².